The van der Waals surface area contributed by atoms with Gasteiger partial charge in [0.1, 0.15) is 5.78 Å². The van der Waals surface area contributed by atoms with E-state index in [1.165, 1.54) is 0 Å². The van der Waals surface area contributed by atoms with Gasteiger partial charge in [-0.25, -0.2) is 9.67 Å². The van der Waals surface area contributed by atoms with Crippen molar-refractivity contribution in [1.29, 1.82) is 0 Å². The molecule has 0 atom stereocenters. The summed E-state index contributed by atoms with van der Waals surface area (Å²) in [4.78, 5) is 29.4. The van der Waals surface area contributed by atoms with Gasteiger partial charge < -0.3 is 0 Å². The molecule has 2 saturated carbocycles. The third kappa shape index (κ3) is 3.93. The summed E-state index contributed by atoms with van der Waals surface area (Å²) < 4.78 is 2.78. The molecule has 1 heterocycles. The number of rotatable bonds is 8. The van der Waals surface area contributed by atoms with Crippen LogP contribution in [-0.2, 0) is 11.3 Å². The summed E-state index contributed by atoms with van der Waals surface area (Å²) >= 11 is 5.05. The van der Waals surface area contributed by atoms with Crippen LogP contribution in [0.4, 0.5) is 0 Å². The summed E-state index contributed by atoms with van der Waals surface area (Å²) in [6.07, 6.45) is 6.15. The lowest BCUT2D eigenvalue weighted by Crippen LogP contribution is -2.14. The molecule has 2 aromatic rings. The van der Waals surface area contributed by atoms with Crippen molar-refractivity contribution in [1.82, 2.24) is 14.8 Å². The van der Waals surface area contributed by atoms with Crippen LogP contribution in [0.25, 0.3) is 0 Å². The van der Waals surface area contributed by atoms with Gasteiger partial charge in [0.25, 0.3) is 0 Å². The molecule has 0 aliphatic heterocycles. The topological polar surface area (TPSA) is 64.8 Å². The number of carbonyl (C=O) groups excluding carboxylic acids is 2. The average molecular weight is 434 g/mol. The fraction of sp³-hybridized carbons (Fsp3) is 0.474. The van der Waals surface area contributed by atoms with E-state index in [1.807, 2.05) is 23.1 Å². The Bertz CT molecular complexity index is 872. The molecule has 26 heavy (non-hydrogen) atoms. The standard InChI is InChI=1S/C19H20BrN3O2S/c1-26-19-21-18(12-4-5-12)22-23(19)10-13-8-14(20)6-7-15(13)17(25)9-16(24)11-2-3-11/h6-8,11-12H,2-5,9-10H2,1H3. The lowest BCUT2D eigenvalue weighted by atomic mass is 9.99. The number of carbonyl (C=O) groups is 2. The van der Waals surface area contributed by atoms with E-state index in [0.717, 1.165) is 46.7 Å². The van der Waals surface area contributed by atoms with Gasteiger partial charge in [0, 0.05) is 21.9 Å². The lowest BCUT2D eigenvalue weighted by molar-refractivity contribution is -0.119. The summed E-state index contributed by atoms with van der Waals surface area (Å²) in [5, 5.41) is 5.52. The minimum Gasteiger partial charge on any atom is -0.299 e. The van der Waals surface area contributed by atoms with Gasteiger partial charge in [-0.2, -0.15) is 5.10 Å². The number of nitrogens with zero attached hydrogens (tertiary/aromatic N) is 3. The van der Waals surface area contributed by atoms with Gasteiger partial charge in [0.05, 0.1) is 13.0 Å². The maximum absolute atomic E-state index is 12.7. The fourth-order valence-corrected chi connectivity index (χ4v) is 3.95. The Kier molecular flexibility index (Phi) is 5.01. The first-order chi connectivity index (χ1) is 12.5. The van der Waals surface area contributed by atoms with Crippen LogP contribution in [0.1, 0.15) is 59.8 Å². The minimum absolute atomic E-state index is 0.000630. The summed E-state index contributed by atoms with van der Waals surface area (Å²) in [6, 6.07) is 5.60. The van der Waals surface area contributed by atoms with Crippen LogP contribution < -0.4 is 0 Å². The highest BCUT2D eigenvalue weighted by atomic mass is 79.9. The average Bonchev–Trinajstić information content (AvgIpc) is 3.52. The highest BCUT2D eigenvalue weighted by molar-refractivity contribution is 9.10. The van der Waals surface area contributed by atoms with Crippen LogP contribution in [0.3, 0.4) is 0 Å². The molecular weight excluding hydrogens is 414 g/mol. The van der Waals surface area contributed by atoms with Gasteiger partial charge in [-0.05, 0) is 55.7 Å². The van der Waals surface area contributed by atoms with Crippen LogP contribution in [-0.4, -0.2) is 32.6 Å². The molecule has 7 heteroatoms. The molecular formula is C19H20BrN3O2S. The molecule has 0 unspecified atom stereocenters. The predicted molar refractivity (Wildman–Crippen MR) is 104 cm³/mol. The summed E-state index contributed by atoms with van der Waals surface area (Å²) in [7, 11) is 0. The smallest absolute Gasteiger partial charge is 0.186 e. The van der Waals surface area contributed by atoms with Crippen LogP contribution >= 0.6 is 27.7 Å². The molecule has 4 rings (SSSR count). The SMILES string of the molecule is CSc1nc(C2CC2)nn1Cc1cc(Br)ccc1C(=O)CC(=O)C1CC1. The summed E-state index contributed by atoms with van der Waals surface area (Å²) in [5.41, 5.74) is 1.48. The second kappa shape index (κ2) is 7.27. The van der Waals surface area contributed by atoms with E-state index in [2.05, 4.69) is 26.0 Å². The van der Waals surface area contributed by atoms with Crippen molar-refractivity contribution in [2.75, 3.05) is 6.26 Å². The Labute approximate surface area is 165 Å². The Balaban J connectivity index is 1.60. The van der Waals surface area contributed by atoms with E-state index >= 15 is 0 Å². The number of hydrogen-bond acceptors (Lipinski definition) is 5. The minimum atomic E-state index is -0.0994. The molecule has 0 saturated heterocycles. The molecule has 0 amide bonds. The maximum Gasteiger partial charge on any atom is 0.186 e. The first-order valence-electron chi connectivity index (χ1n) is 8.88. The number of halogens is 1. The van der Waals surface area contributed by atoms with Crippen LogP contribution in [0.15, 0.2) is 27.8 Å². The Morgan fingerprint density at radius 2 is 2.04 bits per heavy atom. The molecule has 0 spiro atoms. The van der Waals surface area contributed by atoms with Crippen LogP contribution in [0, 0.1) is 5.92 Å². The van der Waals surface area contributed by atoms with Crippen molar-refractivity contribution < 1.29 is 9.59 Å². The zero-order valence-corrected chi connectivity index (χ0v) is 17.0. The summed E-state index contributed by atoms with van der Waals surface area (Å²) in [5.74, 6) is 1.48. The number of benzene rings is 1. The molecule has 2 fully saturated rings. The number of thioether (sulfide) groups is 1. The predicted octanol–water partition coefficient (Wildman–Crippen LogP) is 4.24. The van der Waals surface area contributed by atoms with Crippen molar-refractivity contribution in [3.05, 3.63) is 39.6 Å². The molecule has 5 nitrogen and oxygen atoms in total. The maximum atomic E-state index is 12.7. The van der Waals surface area contributed by atoms with Gasteiger partial charge in [0.15, 0.2) is 16.8 Å². The van der Waals surface area contributed by atoms with Gasteiger partial charge >= 0.3 is 0 Å². The van der Waals surface area contributed by atoms with Crippen molar-refractivity contribution in [3.8, 4) is 0 Å². The molecule has 1 aromatic heterocycles. The van der Waals surface area contributed by atoms with Gasteiger partial charge in [-0.1, -0.05) is 27.7 Å². The second-order valence-electron chi connectivity index (χ2n) is 7.03. The van der Waals surface area contributed by atoms with Crippen molar-refractivity contribution in [2.24, 2.45) is 5.92 Å². The Morgan fingerprint density at radius 1 is 1.27 bits per heavy atom. The molecule has 1 aromatic carbocycles. The zero-order valence-electron chi connectivity index (χ0n) is 14.6. The molecule has 0 radical (unpaired) electrons. The number of aromatic nitrogens is 3. The Hall–Kier alpha value is -1.47. The lowest BCUT2D eigenvalue weighted by Gasteiger charge is -2.10. The molecule has 136 valence electrons. The van der Waals surface area contributed by atoms with Crippen LogP contribution in [0.5, 0.6) is 0 Å². The summed E-state index contributed by atoms with van der Waals surface area (Å²) in [6.45, 7) is 0.480. The van der Waals surface area contributed by atoms with E-state index < -0.39 is 0 Å². The third-order valence-corrected chi connectivity index (χ3v) is 5.99. The largest absolute Gasteiger partial charge is 0.299 e. The molecule has 2 aliphatic rings. The van der Waals surface area contributed by atoms with E-state index in [9.17, 15) is 9.59 Å². The normalized spacial score (nSPS) is 16.7. The molecule has 0 bridgehead atoms. The van der Waals surface area contributed by atoms with Gasteiger partial charge in [0.2, 0.25) is 0 Å². The second-order valence-corrected chi connectivity index (χ2v) is 8.72. The first kappa shape index (κ1) is 17.9. The monoisotopic (exact) mass is 433 g/mol. The van der Waals surface area contributed by atoms with Crippen molar-refractivity contribution in [3.63, 3.8) is 0 Å². The van der Waals surface area contributed by atoms with Crippen molar-refractivity contribution >= 4 is 39.3 Å². The van der Waals surface area contributed by atoms with E-state index in [1.54, 1.807) is 17.8 Å². The first-order valence-corrected chi connectivity index (χ1v) is 10.9. The Morgan fingerprint density at radius 3 is 2.69 bits per heavy atom. The number of Topliss-reactive ketones (excluding diaryl/α,β-unsaturated/α-hetero) is 2. The number of ketones is 2. The molecule has 0 N–H and O–H groups in total. The van der Waals surface area contributed by atoms with E-state index in [-0.39, 0.29) is 23.9 Å². The molecule has 2 aliphatic carbocycles. The van der Waals surface area contributed by atoms with E-state index in [0.29, 0.717) is 18.0 Å². The quantitative estimate of drug-likeness (QED) is 0.353. The van der Waals surface area contributed by atoms with Gasteiger partial charge in [-0.3, -0.25) is 9.59 Å². The fourth-order valence-electron chi connectivity index (χ4n) is 3.04. The highest BCUT2D eigenvalue weighted by Crippen LogP contribution is 2.39. The van der Waals surface area contributed by atoms with Crippen LogP contribution in [0.2, 0.25) is 0 Å². The number of hydrogen-bond donors (Lipinski definition) is 0. The highest BCUT2D eigenvalue weighted by Gasteiger charge is 2.31. The van der Waals surface area contributed by atoms with Gasteiger partial charge in [-0.15, -0.1) is 0 Å². The zero-order chi connectivity index (χ0) is 18.3. The third-order valence-electron chi connectivity index (χ3n) is 4.83. The van der Waals surface area contributed by atoms with Crippen molar-refractivity contribution in [2.45, 2.75) is 49.7 Å². The van der Waals surface area contributed by atoms with E-state index in [4.69, 9.17) is 0 Å².